The van der Waals surface area contributed by atoms with Crippen LogP contribution in [0, 0.1) is 0 Å². The molecule has 154 valence electrons. The van der Waals surface area contributed by atoms with Gasteiger partial charge in [0.05, 0.1) is 6.61 Å². The first-order valence-corrected chi connectivity index (χ1v) is 10.1. The zero-order valence-corrected chi connectivity index (χ0v) is 17.0. The monoisotopic (exact) mass is 402 g/mol. The number of phenolic OH excluding ortho intramolecular Hbond substituents is 1. The minimum atomic E-state index is -0.825. The SMILES string of the molecule is CCC(=C(c1ccc(O)cc1)c1ccccc1OCCCC(=O)O)c1ccccc1. The van der Waals surface area contributed by atoms with Crippen LogP contribution in [-0.4, -0.2) is 22.8 Å². The highest BCUT2D eigenvalue weighted by molar-refractivity contribution is 6.00. The van der Waals surface area contributed by atoms with Gasteiger partial charge < -0.3 is 14.9 Å². The second kappa shape index (κ2) is 10.3. The van der Waals surface area contributed by atoms with Crippen molar-refractivity contribution >= 4 is 17.1 Å². The Hall–Kier alpha value is -3.53. The molecule has 0 fully saturated rings. The molecule has 3 aromatic rings. The molecule has 0 saturated heterocycles. The number of carboxylic acids is 1. The maximum absolute atomic E-state index is 10.8. The molecule has 0 radical (unpaired) electrons. The number of phenols is 1. The lowest BCUT2D eigenvalue weighted by molar-refractivity contribution is -0.137. The van der Waals surface area contributed by atoms with E-state index in [2.05, 4.69) is 19.1 Å². The minimum Gasteiger partial charge on any atom is -0.508 e. The molecule has 0 amide bonds. The van der Waals surface area contributed by atoms with E-state index in [4.69, 9.17) is 9.84 Å². The number of hydrogen-bond acceptors (Lipinski definition) is 3. The Morgan fingerprint density at radius 3 is 2.20 bits per heavy atom. The van der Waals surface area contributed by atoms with Gasteiger partial charge in [0.2, 0.25) is 0 Å². The Bertz CT molecular complexity index is 1000. The molecule has 0 aliphatic heterocycles. The number of rotatable bonds is 9. The molecule has 2 N–H and O–H groups in total. The van der Waals surface area contributed by atoms with Crippen LogP contribution in [0.2, 0.25) is 0 Å². The summed E-state index contributed by atoms with van der Waals surface area (Å²) < 4.78 is 6.00. The van der Waals surface area contributed by atoms with Gasteiger partial charge in [0.25, 0.3) is 0 Å². The summed E-state index contributed by atoms with van der Waals surface area (Å²) >= 11 is 0. The second-order valence-corrected chi connectivity index (χ2v) is 6.96. The summed E-state index contributed by atoms with van der Waals surface area (Å²) in [5, 5.41) is 18.6. The van der Waals surface area contributed by atoms with Crippen molar-refractivity contribution in [1.29, 1.82) is 0 Å². The largest absolute Gasteiger partial charge is 0.508 e. The van der Waals surface area contributed by atoms with Gasteiger partial charge in [-0.2, -0.15) is 0 Å². The number of aliphatic carboxylic acids is 1. The van der Waals surface area contributed by atoms with Crippen molar-refractivity contribution in [2.45, 2.75) is 26.2 Å². The van der Waals surface area contributed by atoms with Crippen molar-refractivity contribution in [3.63, 3.8) is 0 Å². The van der Waals surface area contributed by atoms with E-state index >= 15 is 0 Å². The van der Waals surface area contributed by atoms with Crippen LogP contribution in [0.1, 0.15) is 42.9 Å². The Kier molecular flexibility index (Phi) is 7.28. The summed E-state index contributed by atoms with van der Waals surface area (Å²) in [7, 11) is 0. The fourth-order valence-corrected chi connectivity index (χ4v) is 3.49. The molecule has 0 aromatic heterocycles. The van der Waals surface area contributed by atoms with E-state index in [1.54, 1.807) is 12.1 Å². The highest BCUT2D eigenvalue weighted by Gasteiger charge is 2.17. The van der Waals surface area contributed by atoms with Crippen LogP contribution < -0.4 is 4.74 Å². The van der Waals surface area contributed by atoms with Gasteiger partial charge in [-0.3, -0.25) is 4.79 Å². The predicted octanol–water partition coefficient (Wildman–Crippen LogP) is 6.00. The van der Waals surface area contributed by atoms with Crippen LogP contribution in [0.3, 0.4) is 0 Å². The van der Waals surface area contributed by atoms with Gasteiger partial charge in [-0.05, 0) is 53.3 Å². The van der Waals surface area contributed by atoms with E-state index in [-0.39, 0.29) is 12.2 Å². The molecule has 4 heteroatoms. The standard InChI is InChI=1S/C26H26O4/c1-2-22(19-9-4-3-5-10-19)26(20-14-16-21(27)17-15-20)23-11-6-7-12-24(23)30-18-8-13-25(28)29/h3-7,9-12,14-17,27H,2,8,13,18H2,1H3,(H,28,29). The summed E-state index contributed by atoms with van der Waals surface area (Å²) in [4.78, 5) is 10.8. The lowest BCUT2D eigenvalue weighted by Crippen LogP contribution is -2.04. The third kappa shape index (κ3) is 5.29. The lowest BCUT2D eigenvalue weighted by Gasteiger charge is -2.19. The first-order valence-electron chi connectivity index (χ1n) is 10.1. The van der Waals surface area contributed by atoms with Gasteiger partial charge in [0, 0.05) is 12.0 Å². The van der Waals surface area contributed by atoms with Gasteiger partial charge in [-0.15, -0.1) is 0 Å². The molecule has 30 heavy (non-hydrogen) atoms. The van der Waals surface area contributed by atoms with Crippen molar-refractivity contribution in [2.24, 2.45) is 0 Å². The van der Waals surface area contributed by atoms with Crippen LogP contribution in [0.25, 0.3) is 11.1 Å². The number of carboxylic acid groups (broad SMARTS) is 1. The van der Waals surface area contributed by atoms with Crippen molar-refractivity contribution in [3.05, 3.63) is 95.6 Å². The van der Waals surface area contributed by atoms with Crippen LogP contribution in [0.5, 0.6) is 11.5 Å². The molecule has 0 unspecified atom stereocenters. The van der Waals surface area contributed by atoms with Crippen LogP contribution >= 0.6 is 0 Å². The molecule has 0 aliphatic carbocycles. The first-order chi connectivity index (χ1) is 14.6. The summed E-state index contributed by atoms with van der Waals surface area (Å²) in [6.07, 6.45) is 1.34. The molecule has 0 bridgehead atoms. The lowest BCUT2D eigenvalue weighted by atomic mass is 9.88. The van der Waals surface area contributed by atoms with E-state index in [1.807, 2.05) is 54.6 Å². The van der Waals surface area contributed by atoms with Crippen molar-refractivity contribution < 1.29 is 19.7 Å². The maximum atomic E-state index is 10.8. The fraction of sp³-hybridized carbons (Fsp3) is 0.192. The average Bonchev–Trinajstić information content (AvgIpc) is 2.77. The van der Waals surface area contributed by atoms with Crippen LogP contribution in [0.15, 0.2) is 78.9 Å². The Morgan fingerprint density at radius 2 is 1.53 bits per heavy atom. The molecule has 0 spiro atoms. The summed E-state index contributed by atoms with van der Waals surface area (Å²) in [6.45, 7) is 2.46. The summed E-state index contributed by atoms with van der Waals surface area (Å²) in [6, 6.07) is 25.2. The maximum Gasteiger partial charge on any atom is 0.303 e. The minimum absolute atomic E-state index is 0.0764. The van der Waals surface area contributed by atoms with Gasteiger partial charge in [0.1, 0.15) is 11.5 Å². The first kappa shape index (κ1) is 21.2. The topological polar surface area (TPSA) is 66.8 Å². The number of aromatic hydroxyl groups is 1. The number of allylic oxidation sites excluding steroid dienone is 1. The van der Waals surface area contributed by atoms with Crippen molar-refractivity contribution in [2.75, 3.05) is 6.61 Å². The number of carbonyl (C=O) groups is 1. The zero-order chi connectivity index (χ0) is 21.3. The van der Waals surface area contributed by atoms with Gasteiger partial charge in [-0.1, -0.05) is 67.6 Å². The van der Waals surface area contributed by atoms with E-state index in [0.717, 1.165) is 28.7 Å². The Morgan fingerprint density at radius 1 is 0.867 bits per heavy atom. The fourth-order valence-electron chi connectivity index (χ4n) is 3.49. The Labute approximate surface area is 177 Å². The number of ether oxygens (including phenoxy) is 1. The number of para-hydroxylation sites is 1. The smallest absolute Gasteiger partial charge is 0.303 e. The summed E-state index contributed by atoms with van der Waals surface area (Å²) in [5.41, 5.74) is 5.26. The number of benzene rings is 3. The van der Waals surface area contributed by atoms with Crippen LogP contribution in [-0.2, 0) is 4.79 Å². The predicted molar refractivity (Wildman–Crippen MR) is 120 cm³/mol. The molecule has 0 heterocycles. The molecular weight excluding hydrogens is 376 g/mol. The van der Waals surface area contributed by atoms with Crippen LogP contribution in [0.4, 0.5) is 0 Å². The van der Waals surface area contributed by atoms with E-state index in [9.17, 15) is 9.90 Å². The molecule has 3 rings (SSSR count). The molecule has 0 aliphatic rings. The second-order valence-electron chi connectivity index (χ2n) is 6.96. The van der Waals surface area contributed by atoms with E-state index in [0.29, 0.717) is 18.8 Å². The van der Waals surface area contributed by atoms with Crippen molar-refractivity contribution in [3.8, 4) is 11.5 Å². The van der Waals surface area contributed by atoms with E-state index in [1.165, 1.54) is 5.57 Å². The molecule has 0 atom stereocenters. The zero-order valence-electron chi connectivity index (χ0n) is 17.0. The summed E-state index contributed by atoms with van der Waals surface area (Å²) in [5.74, 6) is 0.107. The third-order valence-electron chi connectivity index (χ3n) is 4.88. The average molecular weight is 402 g/mol. The number of hydrogen-bond donors (Lipinski definition) is 2. The van der Waals surface area contributed by atoms with Gasteiger partial charge in [-0.25, -0.2) is 0 Å². The molecule has 0 saturated carbocycles. The third-order valence-corrected chi connectivity index (χ3v) is 4.88. The molecule has 4 nitrogen and oxygen atoms in total. The molecule has 3 aromatic carbocycles. The normalized spacial score (nSPS) is 11.6. The Balaban J connectivity index is 2.11. The van der Waals surface area contributed by atoms with Crippen molar-refractivity contribution in [1.82, 2.24) is 0 Å². The van der Waals surface area contributed by atoms with Gasteiger partial charge in [0.15, 0.2) is 0 Å². The highest BCUT2D eigenvalue weighted by atomic mass is 16.5. The molecular formula is C26H26O4. The quantitative estimate of drug-likeness (QED) is 0.340. The van der Waals surface area contributed by atoms with Gasteiger partial charge >= 0.3 is 5.97 Å². The van der Waals surface area contributed by atoms with E-state index < -0.39 is 5.97 Å². The highest BCUT2D eigenvalue weighted by Crippen LogP contribution is 2.38.